The van der Waals surface area contributed by atoms with Gasteiger partial charge in [-0.3, -0.25) is 4.79 Å². The van der Waals surface area contributed by atoms with Crippen LogP contribution in [0.2, 0.25) is 0 Å². The van der Waals surface area contributed by atoms with Crippen molar-refractivity contribution >= 4 is 17.5 Å². The van der Waals surface area contributed by atoms with Gasteiger partial charge in [-0.1, -0.05) is 36.8 Å². The summed E-state index contributed by atoms with van der Waals surface area (Å²) in [6.45, 7) is 5.82. The van der Waals surface area contributed by atoms with Gasteiger partial charge in [0.15, 0.2) is 0 Å². The Morgan fingerprint density at radius 3 is 2.95 bits per heavy atom. The Labute approximate surface area is 120 Å². The normalized spacial score (nSPS) is 23.4. The highest BCUT2D eigenvalue weighted by molar-refractivity contribution is 6.20. The van der Waals surface area contributed by atoms with Gasteiger partial charge in [-0.15, -0.1) is 11.6 Å². The van der Waals surface area contributed by atoms with Crippen molar-refractivity contribution in [2.24, 2.45) is 5.92 Å². The fraction of sp³-hybridized carbons (Fsp3) is 0.562. The van der Waals surface area contributed by atoms with Gasteiger partial charge < -0.3 is 4.90 Å². The van der Waals surface area contributed by atoms with Crippen LogP contribution in [0.5, 0.6) is 0 Å². The smallest absolute Gasteiger partial charge is 0.222 e. The van der Waals surface area contributed by atoms with Crippen molar-refractivity contribution in [3.8, 4) is 0 Å². The lowest BCUT2D eigenvalue weighted by atomic mass is 9.99. The zero-order valence-electron chi connectivity index (χ0n) is 11.7. The Morgan fingerprint density at radius 1 is 1.47 bits per heavy atom. The highest BCUT2D eigenvalue weighted by Crippen LogP contribution is 2.22. The quantitative estimate of drug-likeness (QED) is 0.777. The molecule has 2 unspecified atom stereocenters. The highest BCUT2D eigenvalue weighted by atomic mass is 35.5. The summed E-state index contributed by atoms with van der Waals surface area (Å²) in [6.07, 6.45) is 2.34. The maximum Gasteiger partial charge on any atom is 0.222 e. The van der Waals surface area contributed by atoms with Gasteiger partial charge in [0.1, 0.15) is 0 Å². The monoisotopic (exact) mass is 279 g/mol. The second kappa shape index (κ2) is 6.42. The van der Waals surface area contributed by atoms with Gasteiger partial charge in [-0.2, -0.15) is 0 Å². The van der Waals surface area contributed by atoms with E-state index >= 15 is 0 Å². The Hall–Kier alpha value is -1.02. The zero-order valence-corrected chi connectivity index (χ0v) is 12.5. The predicted molar refractivity (Wildman–Crippen MR) is 79.5 cm³/mol. The predicted octanol–water partition coefficient (Wildman–Crippen LogP) is 3.40. The van der Waals surface area contributed by atoms with E-state index in [9.17, 15) is 4.79 Å². The molecule has 0 spiro atoms. The Balaban J connectivity index is 1.84. The van der Waals surface area contributed by atoms with Gasteiger partial charge >= 0.3 is 0 Å². The summed E-state index contributed by atoms with van der Waals surface area (Å²) in [5, 5.41) is 0.223. The van der Waals surface area contributed by atoms with Crippen LogP contribution >= 0.6 is 11.6 Å². The van der Waals surface area contributed by atoms with Gasteiger partial charge in [0, 0.05) is 24.9 Å². The molecule has 104 valence electrons. The number of aryl methyl sites for hydroxylation is 2. The van der Waals surface area contributed by atoms with E-state index in [-0.39, 0.29) is 11.3 Å². The van der Waals surface area contributed by atoms with E-state index in [4.69, 9.17) is 11.6 Å². The average Bonchev–Trinajstić information content (AvgIpc) is 2.39. The molecular weight excluding hydrogens is 258 g/mol. The Bertz CT molecular complexity index is 446. The minimum atomic E-state index is 0.223. The third-order valence-corrected chi connectivity index (χ3v) is 4.51. The van der Waals surface area contributed by atoms with Crippen molar-refractivity contribution in [1.82, 2.24) is 4.90 Å². The number of carbonyl (C=O) groups excluding carboxylic acids is 1. The molecule has 1 fully saturated rings. The number of piperidine rings is 1. The number of halogens is 1. The second-order valence-corrected chi connectivity index (χ2v) is 6.17. The van der Waals surface area contributed by atoms with Crippen molar-refractivity contribution in [3.63, 3.8) is 0 Å². The van der Waals surface area contributed by atoms with E-state index in [2.05, 4.69) is 38.1 Å². The van der Waals surface area contributed by atoms with Gasteiger partial charge in [0.05, 0.1) is 0 Å². The van der Waals surface area contributed by atoms with Gasteiger partial charge in [0.25, 0.3) is 0 Å². The number of likely N-dealkylation sites (tertiary alicyclic amines) is 1. The molecule has 1 amide bonds. The second-order valence-electron chi connectivity index (χ2n) is 5.61. The van der Waals surface area contributed by atoms with Crippen LogP contribution in [0.4, 0.5) is 0 Å². The molecule has 0 N–H and O–H groups in total. The van der Waals surface area contributed by atoms with Crippen molar-refractivity contribution in [3.05, 3.63) is 35.4 Å². The average molecular weight is 280 g/mol. The number of hydrogen-bond donors (Lipinski definition) is 0. The molecule has 1 saturated heterocycles. The maximum absolute atomic E-state index is 12.2. The first-order chi connectivity index (χ1) is 9.06. The molecule has 0 saturated carbocycles. The lowest BCUT2D eigenvalue weighted by Gasteiger charge is -2.34. The molecule has 0 aromatic heterocycles. The molecule has 1 aromatic carbocycles. The molecule has 0 radical (unpaired) electrons. The lowest BCUT2D eigenvalue weighted by molar-refractivity contribution is -0.132. The van der Waals surface area contributed by atoms with E-state index in [0.717, 1.165) is 25.9 Å². The van der Waals surface area contributed by atoms with Gasteiger partial charge in [0.2, 0.25) is 5.91 Å². The molecule has 1 aliphatic rings. The molecule has 2 nitrogen and oxygen atoms in total. The Morgan fingerprint density at radius 2 is 2.26 bits per heavy atom. The van der Waals surface area contributed by atoms with Crippen LogP contribution in [-0.2, 0) is 11.2 Å². The number of amides is 1. The SMILES string of the molecule is Cc1cccc(CCC(=O)N2CCC(Cl)C(C)C2)c1. The first kappa shape index (κ1) is 14.4. The van der Waals surface area contributed by atoms with Crippen molar-refractivity contribution in [1.29, 1.82) is 0 Å². The molecule has 1 aromatic rings. The number of benzene rings is 1. The maximum atomic E-state index is 12.2. The number of hydrogen-bond acceptors (Lipinski definition) is 1. The van der Waals surface area contributed by atoms with Crippen LogP contribution in [-0.4, -0.2) is 29.3 Å². The van der Waals surface area contributed by atoms with Crippen LogP contribution in [0.1, 0.15) is 30.9 Å². The topological polar surface area (TPSA) is 20.3 Å². The van der Waals surface area contributed by atoms with Crippen LogP contribution in [0, 0.1) is 12.8 Å². The van der Waals surface area contributed by atoms with E-state index in [1.54, 1.807) is 0 Å². The van der Waals surface area contributed by atoms with E-state index < -0.39 is 0 Å². The summed E-state index contributed by atoms with van der Waals surface area (Å²) in [4.78, 5) is 14.2. The highest BCUT2D eigenvalue weighted by Gasteiger charge is 2.26. The number of carbonyl (C=O) groups is 1. The summed E-state index contributed by atoms with van der Waals surface area (Å²) < 4.78 is 0. The summed E-state index contributed by atoms with van der Waals surface area (Å²) in [5.74, 6) is 0.662. The number of alkyl halides is 1. The Kier molecular flexibility index (Phi) is 4.87. The molecule has 2 rings (SSSR count). The molecule has 2 atom stereocenters. The van der Waals surface area contributed by atoms with Gasteiger partial charge in [-0.05, 0) is 31.2 Å². The molecule has 3 heteroatoms. The minimum absolute atomic E-state index is 0.223. The van der Waals surface area contributed by atoms with Gasteiger partial charge in [-0.25, -0.2) is 0 Å². The first-order valence-corrected chi connectivity index (χ1v) is 7.47. The summed E-state index contributed by atoms with van der Waals surface area (Å²) in [5.41, 5.74) is 2.50. The summed E-state index contributed by atoms with van der Waals surface area (Å²) >= 11 is 6.19. The zero-order chi connectivity index (χ0) is 13.8. The molecule has 19 heavy (non-hydrogen) atoms. The minimum Gasteiger partial charge on any atom is -0.342 e. The van der Waals surface area contributed by atoms with Crippen LogP contribution in [0.15, 0.2) is 24.3 Å². The molecule has 1 heterocycles. The fourth-order valence-corrected chi connectivity index (χ4v) is 2.80. The lowest BCUT2D eigenvalue weighted by Crippen LogP contribution is -2.43. The summed E-state index contributed by atoms with van der Waals surface area (Å²) in [7, 11) is 0. The van der Waals surface area contributed by atoms with Crippen molar-refractivity contribution in [2.75, 3.05) is 13.1 Å². The van der Waals surface area contributed by atoms with E-state index in [0.29, 0.717) is 12.3 Å². The molecular formula is C16H22ClNO. The fourth-order valence-electron chi connectivity index (χ4n) is 2.62. The summed E-state index contributed by atoms with van der Waals surface area (Å²) in [6, 6.07) is 8.38. The third kappa shape index (κ3) is 3.97. The van der Waals surface area contributed by atoms with Crippen molar-refractivity contribution in [2.45, 2.75) is 38.5 Å². The number of rotatable bonds is 3. The molecule has 1 aliphatic heterocycles. The van der Waals surface area contributed by atoms with Crippen LogP contribution in [0.25, 0.3) is 0 Å². The van der Waals surface area contributed by atoms with E-state index in [1.165, 1.54) is 11.1 Å². The van der Waals surface area contributed by atoms with Crippen molar-refractivity contribution < 1.29 is 4.79 Å². The molecule has 0 bridgehead atoms. The largest absolute Gasteiger partial charge is 0.342 e. The number of nitrogens with zero attached hydrogens (tertiary/aromatic N) is 1. The van der Waals surface area contributed by atoms with Crippen LogP contribution in [0.3, 0.4) is 0 Å². The third-order valence-electron chi connectivity index (χ3n) is 3.86. The van der Waals surface area contributed by atoms with Crippen LogP contribution < -0.4 is 0 Å². The first-order valence-electron chi connectivity index (χ1n) is 7.03. The molecule has 0 aliphatic carbocycles. The van der Waals surface area contributed by atoms with E-state index in [1.807, 2.05) is 4.90 Å². The standard InChI is InChI=1S/C16H22ClNO/c1-12-4-3-5-14(10-12)6-7-16(19)18-9-8-15(17)13(2)11-18/h3-5,10,13,15H,6-9,11H2,1-2H3.